The van der Waals surface area contributed by atoms with Gasteiger partial charge in [0.05, 0.1) is 0 Å². The summed E-state index contributed by atoms with van der Waals surface area (Å²) in [6.45, 7) is 4.24. The van der Waals surface area contributed by atoms with Crippen molar-refractivity contribution in [3.63, 3.8) is 0 Å². The molecule has 100 valence electrons. The quantitative estimate of drug-likeness (QED) is 0.738. The van der Waals surface area contributed by atoms with Gasteiger partial charge in [0.25, 0.3) is 0 Å². The van der Waals surface area contributed by atoms with Gasteiger partial charge >= 0.3 is 5.97 Å². The smallest absolute Gasteiger partial charge is 0.320 e. The highest BCUT2D eigenvalue weighted by Gasteiger charge is 2.25. The molecule has 1 aliphatic rings. The second-order valence-corrected chi connectivity index (χ2v) is 6.16. The van der Waals surface area contributed by atoms with Gasteiger partial charge in [0.1, 0.15) is 6.04 Å². The molecular formula is C13H25NO2S. The van der Waals surface area contributed by atoms with Crippen molar-refractivity contribution in [3.8, 4) is 0 Å². The van der Waals surface area contributed by atoms with Crippen molar-refractivity contribution < 1.29 is 9.90 Å². The molecule has 2 atom stereocenters. The van der Waals surface area contributed by atoms with Crippen molar-refractivity contribution in [3.05, 3.63) is 0 Å². The Morgan fingerprint density at radius 3 is 2.65 bits per heavy atom. The largest absolute Gasteiger partial charge is 0.480 e. The molecule has 0 aromatic heterocycles. The normalized spacial score (nSPS) is 21.1. The molecule has 0 saturated carbocycles. The Bertz CT molecular complexity index is 229. The monoisotopic (exact) mass is 259 g/mol. The molecule has 0 amide bonds. The van der Waals surface area contributed by atoms with Crippen molar-refractivity contribution in [2.75, 3.05) is 11.5 Å². The number of thioether (sulfide) groups is 1. The van der Waals surface area contributed by atoms with Crippen LogP contribution in [-0.4, -0.2) is 34.7 Å². The summed E-state index contributed by atoms with van der Waals surface area (Å²) in [4.78, 5) is 11.2. The third-order valence-electron chi connectivity index (χ3n) is 3.58. The summed E-state index contributed by atoms with van der Waals surface area (Å²) < 4.78 is 0. The molecule has 2 unspecified atom stereocenters. The van der Waals surface area contributed by atoms with E-state index in [9.17, 15) is 9.90 Å². The molecule has 3 nitrogen and oxygen atoms in total. The number of carbonyl (C=O) groups is 1. The van der Waals surface area contributed by atoms with E-state index in [0.717, 1.165) is 19.3 Å². The Morgan fingerprint density at radius 1 is 1.47 bits per heavy atom. The fourth-order valence-electron chi connectivity index (χ4n) is 2.36. The summed E-state index contributed by atoms with van der Waals surface area (Å²) in [5.74, 6) is 2.41. The molecule has 1 heterocycles. The number of hydrogen-bond donors (Lipinski definition) is 2. The van der Waals surface area contributed by atoms with Crippen molar-refractivity contribution in [2.45, 2.75) is 58.0 Å². The number of carboxylic acid groups (broad SMARTS) is 1. The van der Waals surface area contributed by atoms with E-state index >= 15 is 0 Å². The molecule has 4 heteroatoms. The van der Waals surface area contributed by atoms with Crippen LogP contribution in [0.4, 0.5) is 0 Å². The molecule has 0 radical (unpaired) electrons. The fourth-order valence-corrected chi connectivity index (χ4v) is 3.50. The number of aliphatic carboxylic acids is 1. The molecule has 0 aromatic rings. The van der Waals surface area contributed by atoms with Crippen LogP contribution in [0.15, 0.2) is 0 Å². The number of hydrogen-bond acceptors (Lipinski definition) is 3. The maximum Gasteiger partial charge on any atom is 0.320 e. The zero-order valence-corrected chi connectivity index (χ0v) is 11.8. The lowest BCUT2D eigenvalue weighted by molar-refractivity contribution is -0.140. The summed E-state index contributed by atoms with van der Waals surface area (Å²) in [7, 11) is 0. The SMILES string of the molecule is CCCCC(NC(C)C1CCSCC1)C(=O)O. The topological polar surface area (TPSA) is 49.3 Å². The number of unbranched alkanes of at least 4 members (excludes halogenated alkanes) is 1. The number of nitrogens with one attached hydrogen (secondary N) is 1. The Kier molecular flexibility index (Phi) is 6.97. The first-order valence-electron chi connectivity index (χ1n) is 6.71. The van der Waals surface area contributed by atoms with Gasteiger partial charge in [-0.15, -0.1) is 0 Å². The molecule has 1 aliphatic heterocycles. The summed E-state index contributed by atoms with van der Waals surface area (Å²) >= 11 is 2.01. The van der Waals surface area contributed by atoms with Crippen molar-refractivity contribution in [1.82, 2.24) is 5.32 Å². The van der Waals surface area contributed by atoms with Gasteiger partial charge in [-0.25, -0.2) is 0 Å². The van der Waals surface area contributed by atoms with Crippen molar-refractivity contribution in [2.24, 2.45) is 5.92 Å². The van der Waals surface area contributed by atoms with Gasteiger partial charge in [0, 0.05) is 6.04 Å². The van der Waals surface area contributed by atoms with E-state index in [4.69, 9.17) is 0 Å². The lowest BCUT2D eigenvalue weighted by atomic mass is 9.94. The Labute approximate surface area is 109 Å². The molecule has 17 heavy (non-hydrogen) atoms. The third kappa shape index (κ3) is 5.30. The van der Waals surface area contributed by atoms with Gasteiger partial charge in [-0.05, 0) is 43.6 Å². The molecule has 0 spiro atoms. The number of rotatable bonds is 7. The molecule has 0 bridgehead atoms. The summed E-state index contributed by atoms with van der Waals surface area (Å²) in [5.41, 5.74) is 0. The highest BCUT2D eigenvalue weighted by molar-refractivity contribution is 7.99. The van der Waals surface area contributed by atoms with Crippen LogP contribution in [0, 0.1) is 5.92 Å². The van der Waals surface area contributed by atoms with Crippen LogP contribution < -0.4 is 5.32 Å². The van der Waals surface area contributed by atoms with Gasteiger partial charge < -0.3 is 10.4 Å². The molecule has 1 rings (SSSR count). The first-order chi connectivity index (χ1) is 8.15. The van der Waals surface area contributed by atoms with Crippen LogP contribution in [-0.2, 0) is 4.79 Å². The maximum atomic E-state index is 11.2. The van der Waals surface area contributed by atoms with Gasteiger partial charge in [-0.3, -0.25) is 4.79 Å². The molecule has 1 fully saturated rings. The molecule has 0 aliphatic carbocycles. The van der Waals surface area contributed by atoms with Crippen LogP contribution in [0.25, 0.3) is 0 Å². The van der Waals surface area contributed by atoms with E-state index in [2.05, 4.69) is 19.2 Å². The predicted octanol–water partition coefficient (Wildman–Crippen LogP) is 2.75. The van der Waals surface area contributed by atoms with E-state index in [0.29, 0.717) is 12.0 Å². The highest BCUT2D eigenvalue weighted by atomic mass is 32.2. The number of carboxylic acids is 1. The first kappa shape index (κ1) is 14.8. The summed E-state index contributed by atoms with van der Waals surface area (Å²) in [6, 6.07) is -0.0339. The molecule has 1 saturated heterocycles. The molecule has 2 N–H and O–H groups in total. The minimum Gasteiger partial charge on any atom is -0.480 e. The standard InChI is InChI=1S/C13H25NO2S/c1-3-4-5-12(13(15)16)14-10(2)11-6-8-17-9-7-11/h10-12,14H,3-9H2,1-2H3,(H,15,16). The van der Waals surface area contributed by atoms with Crippen LogP contribution in [0.5, 0.6) is 0 Å². The summed E-state index contributed by atoms with van der Waals surface area (Å²) in [6.07, 6.45) is 5.23. The Balaban J connectivity index is 2.38. The van der Waals surface area contributed by atoms with Gasteiger partial charge in [-0.2, -0.15) is 11.8 Å². The lowest BCUT2D eigenvalue weighted by Gasteiger charge is -2.30. The van der Waals surface area contributed by atoms with E-state index in [-0.39, 0.29) is 6.04 Å². The van der Waals surface area contributed by atoms with Crippen LogP contribution in [0.2, 0.25) is 0 Å². The van der Waals surface area contributed by atoms with E-state index < -0.39 is 5.97 Å². The lowest BCUT2D eigenvalue weighted by Crippen LogP contribution is -2.46. The van der Waals surface area contributed by atoms with E-state index in [1.165, 1.54) is 24.3 Å². The Morgan fingerprint density at radius 2 is 2.12 bits per heavy atom. The van der Waals surface area contributed by atoms with Crippen LogP contribution in [0.1, 0.15) is 46.0 Å². The average Bonchev–Trinajstić information content (AvgIpc) is 2.35. The minimum atomic E-state index is -0.699. The predicted molar refractivity (Wildman–Crippen MR) is 73.6 cm³/mol. The summed E-state index contributed by atoms with van der Waals surface area (Å²) in [5, 5.41) is 12.5. The van der Waals surface area contributed by atoms with Crippen LogP contribution >= 0.6 is 11.8 Å². The second-order valence-electron chi connectivity index (χ2n) is 4.94. The zero-order chi connectivity index (χ0) is 12.7. The van der Waals surface area contributed by atoms with Crippen LogP contribution in [0.3, 0.4) is 0 Å². The molecular weight excluding hydrogens is 234 g/mol. The Hall–Kier alpha value is -0.220. The minimum absolute atomic E-state index is 0.328. The third-order valence-corrected chi connectivity index (χ3v) is 4.63. The van der Waals surface area contributed by atoms with Gasteiger partial charge in [0.15, 0.2) is 0 Å². The maximum absolute atomic E-state index is 11.2. The highest BCUT2D eigenvalue weighted by Crippen LogP contribution is 2.25. The van der Waals surface area contributed by atoms with Gasteiger partial charge in [0.2, 0.25) is 0 Å². The second kappa shape index (κ2) is 7.98. The van der Waals surface area contributed by atoms with Gasteiger partial charge in [-0.1, -0.05) is 19.8 Å². The van der Waals surface area contributed by atoms with Crippen molar-refractivity contribution >= 4 is 17.7 Å². The zero-order valence-electron chi connectivity index (χ0n) is 10.9. The van der Waals surface area contributed by atoms with E-state index in [1.807, 2.05) is 11.8 Å². The first-order valence-corrected chi connectivity index (χ1v) is 7.87. The average molecular weight is 259 g/mol. The fraction of sp³-hybridized carbons (Fsp3) is 0.923. The van der Waals surface area contributed by atoms with E-state index in [1.54, 1.807) is 0 Å². The molecule has 0 aromatic carbocycles. The van der Waals surface area contributed by atoms with Crippen molar-refractivity contribution in [1.29, 1.82) is 0 Å².